The maximum atomic E-state index is 6.36. The van der Waals surface area contributed by atoms with Crippen LogP contribution in [-0.4, -0.2) is 22.0 Å². The van der Waals surface area contributed by atoms with Crippen molar-refractivity contribution in [2.24, 2.45) is 0 Å². The van der Waals surface area contributed by atoms with Gasteiger partial charge in [0.2, 0.25) is 5.16 Å². The minimum absolute atomic E-state index is 0.141. The summed E-state index contributed by atoms with van der Waals surface area (Å²) in [6.07, 6.45) is 0. The van der Waals surface area contributed by atoms with E-state index in [2.05, 4.69) is 58.7 Å². The number of hydrogen-bond acceptors (Lipinski definition) is 5. The number of thioether (sulfide) groups is 1. The molecule has 5 nitrogen and oxygen atoms in total. The quantitative estimate of drug-likeness (QED) is 0.522. The Labute approximate surface area is 167 Å². The predicted octanol–water partition coefficient (Wildman–Crippen LogP) is 4.53. The fourth-order valence-electron chi connectivity index (χ4n) is 3.64. The minimum Gasteiger partial charge on any atom is -0.497 e. The number of fused-ring (bicyclic) bond motifs is 3. The first-order chi connectivity index (χ1) is 13.8. The third-order valence-electron chi connectivity index (χ3n) is 5.01. The fraction of sp³-hybridized carbons (Fsp3) is 0.0909. The highest BCUT2D eigenvalue weighted by Gasteiger charge is 2.30. The van der Waals surface area contributed by atoms with Crippen molar-refractivity contribution in [3.8, 4) is 28.3 Å². The lowest BCUT2D eigenvalue weighted by Gasteiger charge is -2.12. The van der Waals surface area contributed by atoms with Crippen molar-refractivity contribution in [1.82, 2.24) is 14.9 Å². The molecule has 1 aromatic heterocycles. The molecule has 1 aliphatic rings. The average molecular weight is 386 g/mol. The Morgan fingerprint density at radius 1 is 0.857 bits per heavy atom. The third-order valence-corrected chi connectivity index (χ3v) is 6.25. The van der Waals surface area contributed by atoms with Crippen molar-refractivity contribution < 1.29 is 4.74 Å². The number of nitrogens with zero attached hydrogens (tertiary/aromatic N) is 3. The molecule has 0 aliphatic heterocycles. The van der Waals surface area contributed by atoms with Crippen molar-refractivity contribution >= 4 is 11.8 Å². The van der Waals surface area contributed by atoms with Crippen LogP contribution in [0.1, 0.15) is 16.4 Å². The van der Waals surface area contributed by atoms with E-state index in [-0.39, 0.29) is 5.25 Å². The molecule has 1 heterocycles. The zero-order valence-electron chi connectivity index (χ0n) is 15.2. The van der Waals surface area contributed by atoms with Gasteiger partial charge < -0.3 is 10.6 Å². The Bertz CT molecular complexity index is 1110. The summed E-state index contributed by atoms with van der Waals surface area (Å²) in [5.74, 6) is 7.79. The number of nitrogens with two attached hydrogens (primary N) is 1. The van der Waals surface area contributed by atoms with Crippen LogP contribution in [0.4, 0.5) is 0 Å². The maximum Gasteiger partial charge on any atom is 0.211 e. The molecule has 28 heavy (non-hydrogen) atoms. The summed E-state index contributed by atoms with van der Waals surface area (Å²) in [6.45, 7) is 0. The normalized spacial score (nSPS) is 12.6. The van der Waals surface area contributed by atoms with Crippen LogP contribution >= 0.6 is 11.8 Å². The number of nitrogen functional groups attached to an aromatic ring is 1. The van der Waals surface area contributed by atoms with Gasteiger partial charge in [0.1, 0.15) is 5.75 Å². The molecule has 0 fully saturated rings. The summed E-state index contributed by atoms with van der Waals surface area (Å²) >= 11 is 1.63. The highest BCUT2D eigenvalue weighted by atomic mass is 32.2. The van der Waals surface area contributed by atoms with E-state index in [4.69, 9.17) is 10.6 Å². The summed E-state index contributed by atoms with van der Waals surface area (Å²) in [6, 6.07) is 24.6. The molecule has 4 aromatic rings. The van der Waals surface area contributed by atoms with E-state index in [1.807, 2.05) is 24.3 Å². The van der Waals surface area contributed by atoms with Gasteiger partial charge in [-0.3, -0.25) is 0 Å². The summed E-state index contributed by atoms with van der Waals surface area (Å²) in [4.78, 5) is 0. The minimum atomic E-state index is 0.141. The number of rotatable bonds is 4. The van der Waals surface area contributed by atoms with E-state index in [1.54, 1.807) is 23.5 Å². The van der Waals surface area contributed by atoms with Crippen LogP contribution in [0.25, 0.3) is 22.5 Å². The third kappa shape index (κ3) is 2.65. The van der Waals surface area contributed by atoms with E-state index in [0.29, 0.717) is 11.0 Å². The van der Waals surface area contributed by atoms with Gasteiger partial charge in [-0.15, -0.1) is 10.2 Å². The number of benzene rings is 3. The Hall–Kier alpha value is -3.25. The van der Waals surface area contributed by atoms with E-state index in [1.165, 1.54) is 22.3 Å². The van der Waals surface area contributed by atoms with Crippen LogP contribution in [0.3, 0.4) is 0 Å². The van der Waals surface area contributed by atoms with E-state index in [9.17, 15) is 0 Å². The molecular formula is C22H18N4OS. The van der Waals surface area contributed by atoms with E-state index >= 15 is 0 Å². The van der Waals surface area contributed by atoms with E-state index < -0.39 is 0 Å². The lowest BCUT2D eigenvalue weighted by molar-refractivity contribution is 0.415. The van der Waals surface area contributed by atoms with E-state index in [0.717, 1.165) is 11.3 Å². The standard InChI is InChI=1S/C22H18N4OS/c1-27-15-12-10-14(11-13-15)21-24-25-22(26(21)23)28-20-18-8-4-2-6-16(18)17-7-3-5-9-19(17)20/h2-13,20H,23H2,1H3. The smallest absolute Gasteiger partial charge is 0.211 e. The molecule has 138 valence electrons. The monoisotopic (exact) mass is 386 g/mol. The Balaban J connectivity index is 1.51. The second-order valence-corrected chi connectivity index (χ2v) is 7.65. The van der Waals surface area contributed by atoms with Crippen molar-refractivity contribution in [2.45, 2.75) is 10.4 Å². The molecule has 5 rings (SSSR count). The molecule has 0 amide bonds. The highest BCUT2D eigenvalue weighted by Crippen LogP contribution is 2.51. The lowest BCUT2D eigenvalue weighted by Crippen LogP contribution is -2.12. The molecule has 0 radical (unpaired) electrons. The number of hydrogen-bond donors (Lipinski definition) is 1. The average Bonchev–Trinajstić information content (AvgIpc) is 3.27. The summed E-state index contributed by atoms with van der Waals surface area (Å²) in [5.41, 5.74) is 6.00. The molecule has 2 N–H and O–H groups in total. The molecule has 0 spiro atoms. The first-order valence-electron chi connectivity index (χ1n) is 8.96. The van der Waals surface area contributed by atoms with Gasteiger partial charge in [0.15, 0.2) is 5.82 Å². The number of ether oxygens (including phenoxy) is 1. The van der Waals surface area contributed by atoms with Gasteiger partial charge in [0.05, 0.1) is 12.4 Å². The molecule has 6 heteroatoms. The van der Waals surface area contributed by atoms with Gasteiger partial charge in [-0.25, -0.2) is 4.68 Å². The Morgan fingerprint density at radius 2 is 1.46 bits per heavy atom. The Morgan fingerprint density at radius 3 is 2.07 bits per heavy atom. The zero-order valence-corrected chi connectivity index (χ0v) is 16.1. The topological polar surface area (TPSA) is 66.0 Å². The van der Waals surface area contributed by atoms with Crippen LogP contribution in [0.5, 0.6) is 5.75 Å². The second kappa shape index (κ2) is 6.73. The second-order valence-electron chi connectivity index (χ2n) is 6.58. The van der Waals surface area contributed by atoms with Gasteiger partial charge in [0, 0.05) is 5.56 Å². The largest absolute Gasteiger partial charge is 0.497 e. The van der Waals surface area contributed by atoms with Gasteiger partial charge in [-0.05, 0) is 46.5 Å². The van der Waals surface area contributed by atoms with Gasteiger partial charge in [0.25, 0.3) is 0 Å². The van der Waals surface area contributed by atoms with Gasteiger partial charge in [-0.1, -0.05) is 60.3 Å². The zero-order chi connectivity index (χ0) is 19.1. The SMILES string of the molecule is COc1ccc(-c2nnc(SC3c4ccccc4-c4ccccc43)n2N)cc1. The summed E-state index contributed by atoms with van der Waals surface area (Å²) < 4.78 is 6.78. The molecule has 3 aromatic carbocycles. The number of methoxy groups -OCH3 is 1. The molecule has 1 aliphatic carbocycles. The van der Waals surface area contributed by atoms with Crippen LogP contribution in [0.2, 0.25) is 0 Å². The highest BCUT2D eigenvalue weighted by molar-refractivity contribution is 7.99. The first kappa shape index (κ1) is 16.9. The van der Waals surface area contributed by atoms with Crippen LogP contribution in [-0.2, 0) is 0 Å². The summed E-state index contributed by atoms with van der Waals surface area (Å²) in [7, 11) is 1.65. The van der Waals surface area contributed by atoms with Crippen molar-refractivity contribution in [3.63, 3.8) is 0 Å². The number of aromatic nitrogens is 3. The van der Waals surface area contributed by atoms with Crippen LogP contribution in [0, 0.1) is 0 Å². The Kier molecular flexibility index (Phi) is 4.06. The molecule has 0 atom stereocenters. The van der Waals surface area contributed by atoms with Gasteiger partial charge in [-0.2, -0.15) is 0 Å². The molecule has 0 saturated heterocycles. The molecule has 0 unspecified atom stereocenters. The maximum absolute atomic E-state index is 6.36. The molecular weight excluding hydrogens is 368 g/mol. The first-order valence-corrected chi connectivity index (χ1v) is 9.84. The predicted molar refractivity (Wildman–Crippen MR) is 112 cm³/mol. The fourth-order valence-corrected chi connectivity index (χ4v) is 4.80. The van der Waals surface area contributed by atoms with Crippen LogP contribution < -0.4 is 10.6 Å². The van der Waals surface area contributed by atoms with Gasteiger partial charge >= 0.3 is 0 Å². The van der Waals surface area contributed by atoms with Crippen molar-refractivity contribution in [2.75, 3.05) is 13.0 Å². The van der Waals surface area contributed by atoms with Crippen molar-refractivity contribution in [3.05, 3.63) is 83.9 Å². The molecule has 0 saturated carbocycles. The summed E-state index contributed by atoms with van der Waals surface area (Å²) in [5, 5.41) is 9.51. The molecule has 0 bridgehead atoms. The van der Waals surface area contributed by atoms with Crippen molar-refractivity contribution in [1.29, 1.82) is 0 Å². The van der Waals surface area contributed by atoms with Crippen LogP contribution in [0.15, 0.2) is 78.0 Å². The lowest BCUT2D eigenvalue weighted by atomic mass is 10.1.